The Kier molecular flexibility index (Phi) is 7.58. The van der Waals surface area contributed by atoms with Crippen LogP contribution in [-0.2, 0) is 16.1 Å². The van der Waals surface area contributed by atoms with Crippen molar-refractivity contribution in [2.24, 2.45) is 0 Å². The third-order valence-corrected chi connectivity index (χ3v) is 5.77. The maximum absolute atomic E-state index is 13.3. The summed E-state index contributed by atoms with van der Waals surface area (Å²) in [6, 6.07) is 16.5. The lowest BCUT2D eigenvalue weighted by Gasteiger charge is -2.24. The molecule has 36 heavy (non-hydrogen) atoms. The van der Waals surface area contributed by atoms with Crippen LogP contribution >= 0.6 is 0 Å². The highest BCUT2D eigenvalue weighted by molar-refractivity contribution is 6.04. The lowest BCUT2D eigenvalue weighted by atomic mass is 10.00. The minimum atomic E-state index is -0.936. The van der Waals surface area contributed by atoms with E-state index in [1.807, 2.05) is 6.92 Å². The highest BCUT2D eigenvalue weighted by Gasteiger charge is 2.46. The van der Waals surface area contributed by atoms with Crippen LogP contribution in [0.1, 0.15) is 40.9 Å². The SMILES string of the molecule is CCCNC(=O)[C@H]1[C@@H](c2ccc(NC(=O)c3ccc(F)cc3)cc2)OC(=O)N1Cc1ccc(F)cc1. The number of benzene rings is 3. The average molecular weight is 494 g/mol. The van der Waals surface area contributed by atoms with Crippen LogP contribution in [-0.4, -0.2) is 35.4 Å². The van der Waals surface area contributed by atoms with Crippen molar-refractivity contribution in [2.45, 2.75) is 32.0 Å². The molecule has 2 atom stereocenters. The summed E-state index contributed by atoms with van der Waals surface area (Å²) in [4.78, 5) is 39.6. The standard InChI is InChI=1S/C27H25F2N3O4/c1-2-15-30-26(34)23-24(36-27(35)32(23)16-17-3-9-20(28)10-4-17)18-7-13-22(14-8-18)31-25(33)19-5-11-21(29)12-6-19/h3-14,23-24H,2,15-16H2,1H3,(H,30,34)(H,31,33)/t23-,24-/m1/s1. The Morgan fingerprint density at radius 2 is 1.53 bits per heavy atom. The molecule has 0 spiro atoms. The zero-order valence-electron chi connectivity index (χ0n) is 19.5. The normalized spacial score (nSPS) is 17.0. The number of rotatable bonds is 8. The maximum atomic E-state index is 13.3. The van der Waals surface area contributed by atoms with E-state index in [2.05, 4.69) is 10.6 Å². The number of nitrogens with one attached hydrogen (secondary N) is 2. The van der Waals surface area contributed by atoms with E-state index in [1.165, 1.54) is 41.3 Å². The first-order valence-corrected chi connectivity index (χ1v) is 11.5. The van der Waals surface area contributed by atoms with Crippen LogP contribution in [0.15, 0.2) is 72.8 Å². The molecular weight excluding hydrogens is 468 g/mol. The molecule has 0 bridgehead atoms. The second kappa shape index (κ2) is 11.0. The predicted molar refractivity (Wildman–Crippen MR) is 129 cm³/mol. The predicted octanol–water partition coefficient (Wildman–Crippen LogP) is 4.81. The van der Waals surface area contributed by atoms with E-state index in [1.54, 1.807) is 36.4 Å². The molecule has 9 heteroatoms. The van der Waals surface area contributed by atoms with Gasteiger partial charge < -0.3 is 15.4 Å². The van der Waals surface area contributed by atoms with Crippen molar-refractivity contribution in [1.29, 1.82) is 0 Å². The number of hydrogen-bond acceptors (Lipinski definition) is 4. The Morgan fingerprint density at radius 1 is 0.917 bits per heavy atom. The molecule has 4 rings (SSSR count). The molecule has 1 saturated heterocycles. The molecule has 186 valence electrons. The molecule has 7 nitrogen and oxygen atoms in total. The van der Waals surface area contributed by atoms with Gasteiger partial charge in [0.25, 0.3) is 5.91 Å². The topological polar surface area (TPSA) is 87.7 Å². The van der Waals surface area contributed by atoms with Crippen molar-refractivity contribution in [1.82, 2.24) is 10.2 Å². The fraction of sp³-hybridized carbons (Fsp3) is 0.222. The van der Waals surface area contributed by atoms with Gasteiger partial charge in [-0.25, -0.2) is 13.6 Å². The van der Waals surface area contributed by atoms with Crippen molar-refractivity contribution in [3.63, 3.8) is 0 Å². The Labute approximate surface area is 207 Å². The minimum absolute atomic E-state index is 0.0750. The van der Waals surface area contributed by atoms with Gasteiger partial charge in [-0.15, -0.1) is 0 Å². The van der Waals surface area contributed by atoms with Crippen LogP contribution in [0.25, 0.3) is 0 Å². The number of carbonyl (C=O) groups is 3. The van der Waals surface area contributed by atoms with Crippen LogP contribution < -0.4 is 10.6 Å². The van der Waals surface area contributed by atoms with Gasteiger partial charge in [0.1, 0.15) is 11.6 Å². The first-order valence-electron chi connectivity index (χ1n) is 11.5. The number of halogens is 2. The van der Waals surface area contributed by atoms with Crippen LogP contribution in [0.4, 0.5) is 19.3 Å². The first kappa shape index (κ1) is 24.8. The van der Waals surface area contributed by atoms with E-state index in [9.17, 15) is 23.2 Å². The van der Waals surface area contributed by atoms with Gasteiger partial charge in [0.2, 0.25) is 5.91 Å². The van der Waals surface area contributed by atoms with Gasteiger partial charge >= 0.3 is 6.09 Å². The monoisotopic (exact) mass is 493 g/mol. The molecule has 3 aromatic carbocycles. The van der Waals surface area contributed by atoms with Gasteiger partial charge in [0.15, 0.2) is 12.1 Å². The number of amides is 3. The van der Waals surface area contributed by atoms with E-state index in [4.69, 9.17) is 4.74 Å². The third-order valence-electron chi connectivity index (χ3n) is 5.77. The average Bonchev–Trinajstić information content (AvgIpc) is 3.20. The summed E-state index contributed by atoms with van der Waals surface area (Å²) in [5.74, 6) is -1.60. The Balaban J connectivity index is 1.53. The van der Waals surface area contributed by atoms with Crippen molar-refractivity contribution in [3.05, 3.63) is 101 Å². The summed E-state index contributed by atoms with van der Waals surface area (Å²) < 4.78 is 32.0. The number of anilines is 1. The third kappa shape index (κ3) is 5.68. The molecule has 0 aliphatic carbocycles. The molecule has 3 aromatic rings. The molecule has 1 fully saturated rings. The molecule has 1 heterocycles. The van der Waals surface area contributed by atoms with E-state index in [0.717, 1.165) is 6.42 Å². The van der Waals surface area contributed by atoms with Crippen LogP contribution in [0.5, 0.6) is 0 Å². The Bertz CT molecular complexity index is 1230. The molecule has 2 N–H and O–H groups in total. The van der Waals surface area contributed by atoms with Gasteiger partial charge in [-0.3, -0.25) is 14.5 Å². The molecule has 0 saturated carbocycles. The largest absolute Gasteiger partial charge is 0.438 e. The van der Waals surface area contributed by atoms with E-state index in [0.29, 0.717) is 28.9 Å². The minimum Gasteiger partial charge on any atom is -0.438 e. The van der Waals surface area contributed by atoms with Crippen LogP contribution in [0.2, 0.25) is 0 Å². The van der Waals surface area contributed by atoms with Crippen LogP contribution in [0, 0.1) is 11.6 Å². The second-order valence-electron chi connectivity index (χ2n) is 8.38. The second-order valence-corrected chi connectivity index (χ2v) is 8.38. The van der Waals surface area contributed by atoms with Crippen LogP contribution in [0.3, 0.4) is 0 Å². The summed E-state index contributed by atoms with van der Waals surface area (Å²) in [5.41, 5.74) is 2.00. The zero-order chi connectivity index (χ0) is 25.7. The smallest absolute Gasteiger partial charge is 0.411 e. The number of nitrogens with zero attached hydrogens (tertiary/aromatic N) is 1. The first-order chi connectivity index (χ1) is 17.4. The lowest BCUT2D eigenvalue weighted by Crippen LogP contribution is -2.46. The quantitative estimate of drug-likeness (QED) is 0.472. The van der Waals surface area contributed by atoms with Crippen molar-refractivity contribution in [2.75, 3.05) is 11.9 Å². The van der Waals surface area contributed by atoms with Gasteiger partial charge in [-0.05, 0) is 66.1 Å². The molecule has 0 radical (unpaired) electrons. The van der Waals surface area contributed by atoms with E-state index >= 15 is 0 Å². The number of ether oxygens (including phenoxy) is 1. The summed E-state index contributed by atoms with van der Waals surface area (Å²) >= 11 is 0. The van der Waals surface area contributed by atoms with Gasteiger partial charge in [-0.1, -0.05) is 31.2 Å². The summed E-state index contributed by atoms with van der Waals surface area (Å²) in [6.45, 7) is 2.43. The molecule has 0 unspecified atom stereocenters. The van der Waals surface area contributed by atoms with Gasteiger partial charge in [-0.2, -0.15) is 0 Å². The summed E-state index contributed by atoms with van der Waals surface area (Å²) in [7, 11) is 0. The maximum Gasteiger partial charge on any atom is 0.411 e. The molecule has 1 aliphatic heterocycles. The molecule has 0 aromatic heterocycles. The number of hydrogen-bond donors (Lipinski definition) is 2. The zero-order valence-corrected chi connectivity index (χ0v) is 19.5. The van der Waals surface area contributed by atoms with Crippen molar-refractivity contribution >= 4 is 23.6 Å². The molecule has 1 aliphatic rings. The number of carbonyl (C=O) groups excluding carboxylic acids is 3. The summed E-state index contributed by atoms with van der Waals surface area (Å²) in [6.07, 6.45) is -0.815. The van der Waals surface area contributed by atoms with Gasteiger partial charge in [0, 0.05) is 17.8 Å². The number of cyclic esters (lactones) is 1. The Morgan fingerprint density at radius 3 is 2.14 bits per heavy atom. The molecule has 3 amide bonds. The fourth-order valence-electron chi connectivity index (χ4n) is 3.91. The lowest BCUT2D eigenvalue weighted by molar-refractivity contribution is -0.126. The van der Waals surface area contributed by atoms with E-state index in [-0.39, 0.29) is 12.5 Å². The fourth-order valence-corrected chi connectivity index (χ4v) is 3.91. The highest BCUT2D eigenvalue weighted by Crippen LogP contribution is 2.34. The summed E-state index contributed by atoms with van der Waals surface area (Å²) in [5, 5.41) is 5.55. The van der Waals surface area contributed by atoms with Crippen molar-refractivity contribution in [3.8, 4) is 0 Å². The van der Waals surface area contributed by atoms with Crippen molar-refractivity contribution < 1.29 is 27.9 Å². The molecular formula is C27H25F2N3O4. The Hall–Kier alpha value is -4.27. The van der Waals surface area contributed by atoms with E-state index < -0.39 is 35.8 Å². The van der Waals surface area contributed by atoms with Gasteiger partial charge in [0.05, 0.1) is 6.54 Å². The highest BCUT2D eigenvalue weighted by atomic mass is 19.1.